The largest absolute Gasteiger partial charge is 0.497 e. The standard InChI is InChI=1S/C22H30ClN3O2/c1-6-15-10-13-19(23)18(7-2)21(15)25-22(27)24-14-20(26(3)4)16-8-11-17(28-5)12-9-16/h8-13,20H,6-7,14H2,1-5H3,(H2,24,25,27). The number of hydrogen-bond donors (Lipinski definition) is 2. The van der Waals surface area contributed by atoms with Gasteiger partial charge in [-0.3, -0.25) is 0 Å². The van der Waals surface area contributed by atoms with E-state index in [4.69, 9.17) is 16.3 Å². The van der Waals surface area contributed by atoms with Gasteiger partial charge in [0.2, 0.25) is 0 Å². The maximum Gasteiger partial charge on any atom is 0.319 e. The quantitative estimate of drug-likeness (QED) is 0.659. The van der Waals surface area contributed by atoms with Crippen molar-refractivity contribution in [2.75, 3.05) is 33.1 Å². The van der Waals surface area contributed by atoms with Gasteiger partial charge in [-0.05, 0) is 61.8 Å². The number of rotatable bonds is 8. The lowest BCUT2D eigenvalue weighted by Crippen LogP contribution is -2.37. The van der Waals surface area contributed by atoms with Gasteiger partial charge in [-0.15, -0.1) is 0 Å². The van der Waals surface area contributed by atoms with Crippen LogP contribution < -0.4 is 15.4 Å². The van der Waals surface area contributed by atoms with Gasteiger partial charge in [0.1, 0.15) is 5.75 Å². The molecule has 1 unspecified atom stereocenters. The molecule has 0 aromatic heterocycles. The van der Waals surface area contributed by atoms with Crippen LogP contribution in [0.5, 0.6) is 5.75 Å². The molecular weight excluding hydrogens is 374 g/mol. The molecule has 2 rings (SSSR count). The minimum Gasteiger partial charge on any atom is -0.497 e. The molecule has 6 heteroatoms. The molecule has 0 aliphatic carbocycles. The third-order valence-corrected chi connectivity index (χ3v) is 5.25. The fourth-order valence-electron chi connectivity index (χ4n) is 3.24. The van der Waals surface area contributed by atoms with E-state index in [9.17, 15) is 4.79 Å². The Labute approximate surface area is 173 Å². The van der Waals surface area contributed by atoms with E-state index in [0.29, 0.717) is 11.6 Å². The fourth-order valence-corrected chi connectivity index (χ4v) is 3.53. The number of ether oxygens (including phenoxy) is 1. The van der Waals surface area contributed by atoms with Gasteiger partial charge in [0.05, 0.1) is 18.8 Å². The molecule has 5 nitrogen and oxygen atoms in total. The van der Waals surface area contributed by atoms with Crippen LogP contribution in [0.4, 0.5) is 10.5 Å². The summed E-state index contributed by atoms with van der Waals surface area (Å²) in [6.07, 6.45) is 1.58. The average molecular weight is 404 g/mol. The van der Waals surface area contributed by atoms with Gasteiger partial charge in [-0.1, -0.05) is 43.6 Å². The van der Waals surface area contributed by atoms with Gasteiger partial charge in [0.25, 0.3) is 0 Å². The number of amides is 2. The zero-order valence-corrected chi connectivity index (χ0v) is 18.1. The number of anilines is 1. The summed E-state index contributed by atoms with van der Waals surface area (Å²) in [6, 6.07) is 11.6. The molecule has 2 N–H and O–H groups in total. The van der Waals surface area contributed by atoms with Crippen molar-refractivity contribution in [3.63, 3.8) is 0 Å². The second kappa shape index (κ2) is 10.3. The van der Waals surface area contributed by atoms with Crippen LogP contribution in [-0.4, -0.2) is 38.7 Å². The first-order valence-electron chi connectivity index (χ1n) is 9.56. The van der Waals surface area contributed by atoms with Crippen LogP contribution in [-0.2, 0) is 12.8 Å². The maximum absolute atomic E-state index is 12.6. The molecule has 0 saturated carbocycles. The molecule has 2 aromatic rings. The number of benzene rings is 2. The predicted octanol–water partition coefficient (Wildman–Crippen LogP) is 4.90. The highest BCUT2D eigenvalue weighted by Gasteiger charge is 2.17. The zero-order valence-electron chi connectivity index (χ0n) is 17.3. The Bertz CT molecular complexity index is 791. The fraction of sp³-hybridized carbons (Fsp3) is 0.409. The van der Waals surface area contributed by atoms with Crippen molar-refractivity contribution in [2.45, 2.75) is 32.7 Å². The van der Waals surface area contributed by atoms with Crippen LogP contribution in [0.2, 0.25) is 5.02 Å². The van der Waals surface area contributed by atoms with Crippen molar-refractivity contribution in [1.82, 2.24) is 10.2 Å². The van der Waals surface area contributed by atoms with Gasteiger partial charge >= 0.3 is 6.03 Å². The van der Waals surface area contributed by atoms with Crippen LogP contribution in [0, 0.1) is 0 Å². The molecule has 2 amide bonds. The molecule has 0 aliphatic heterocycles. The van der Waals surface area contributed by atoms with Crippen molar-refractivity contribution in [1.29, 1.82) is 0 Å². The molecule has 0 saturated heterocycles. The summed E-state index contributed by atoms with van der Waals surface area (Å²) in [7, 11) is 5.64. The van der Waals surface area contributed by atoms with E-state index in [2.05, 4.69) is 22.5 Å². The SMILES string of the molecule is CCc1ccc(Cl)c(CC)c1NC(=O)NCC(c1ccc(OC)cc1)N(C)C. The Morgan fingerprint density at radius 1 is 1.11 bits per heavy atom. The van der Waals surface area contributed by atoms with Crippen LogP contribution in [0.3, 0.4) is 0 Å². The van der Waals surface area contributed by atoms with Gasteiger partial charge in [0, 0.05) is 11.6 Å². The second-order valence-corrected chi connectivity index (χ2v) is 7.26. The molecule has 2 aromatic carbocycles. The molecule has 0 aliphatic rings. The molecule has 0 fully saturated rings. The Balaban J connectivity index is 2.10. The number of carbonyl (C=O) groups excluding carboxylic acids is 1. The second-order valence-electron chi connectivity index (χ2n) is 6.85. The van der Waals surface area contributed by atoms with E-state index >= 15 is 0 Å². The number of nitrogens with one attached hydrogen (secondary N) is 2. The Hall–Kier alpha value is -2.24. The Kier molecular flexibility index (Phi) is 8.15. The number of carbonyl (C=O) groups is 1. The molecule has 1 atom stereocenters. The normalized spacial score (nSPS) is 12.0. The lowest BCUT2D eigenvalue weighted by Gasteiger charge is -2.25. The topological polar surface area (TPSA) is 53.6 Å². The number of aryl methyl sites for hydroxylation is 1. The van der Waals surface area contributed by atoms with E-state index in [1.54, 1.807) is 7.11 Å². The van der Waals surface area contributed by atoms with Crippen LogP contribution in [0.25, 0.3) is 0 Å². The summed E-state index contributed by atoms with van der Waals surface area (Å²) in [5, 5.41) is 6.69. The van der Waals surface area contributed by atoms with Gasteiger partial charge in [-0.2, -0.15) is 0 Å². The molecule has 0 spiro atoms. The van der Waals surface area contributed by atoms with Gasteiger partial charge < -0.3 is 20.3 Å². The van der Waals surface area contributed by atoms with E-state index in [1.807, 2.05) is 57.4 Å². The van der Waals surface area contributed by atoms with Crippen LogP contribution >= 0.6 is 11.6 Å². The number of hydrogen-bond acceptors (Lipinski definition) is 3. The summed E-state index contributed by atoms with van der Waals surface area (Å²) in [5.41, 5.74) is 3.98. The van der Waals surface area contributed by atoms with Crippen molar-refractivity contribution >= 4 is 23.3 Å². The molecule has 0 radical (unpaired) electrons. The monoisotopic (exact) mass is 403 g/mol. The lowest BCUT2D eigenvalue weighted by molar-refractivity contribution is 0.243. The van der Waals surface area contributed by atoms with Gasteiger partial charge in [-0.25, -0.2) is 4.79 Å². The zero-order chi connectivity index (χ0) is 20.7. The van der Waals surface area contributed by atoms with Crippen LogP contribution in [0.15, 0.2) is 36.4 Å². The third-order valence-electron chi connectivity index (χ3n) is 4.89. The first-order chi connectivity index (χ1) is 13.4. The van der Waals surface area contributed by atoms with Crippen molar-refractivity contribution in [3.8, 4) is 5.75 Å². The summed E-state index contributed by atoms with van der Waals surface area (Å²) < 4.78 is 5.22. The summed E-state index contributed by atoms with van der Waals surface area (Å²) in [5.74, 6) is 0.812. The lowest BCUT2D eigenvalue weighted by atomic mass is 10.0. The van der Waals surface area contributed by atoms with E-state index in [-0.39, 0.29) is 12.1 Å². The summed E-state index contributed by atoms with van der Waals surface area (Å²) in [6.45, 7) is 4.58. The number of likely N-dealkylation sites (N-methyl/N-ethyl adjacent to an activating group) is 1. The minimum atomic E-state index is -0.230. The number of halogens is 1. The maximum atomic E-state index is 12.6. The van der Waals surface area contributed by atoms with Crippen molar-refractivity contribution in [3.05, 3.63) is 58.1 Å². The summed E-state index contributed by atoms with van der Waals surface area (Å²) in [4.78, 5) is 14.7. The highest BCUT2D eigenvalue weighted by Crippen LogP contribution is 2.29. The van der Waals surface area contributed by atoms with Crippen molar-refractivity contribution < 1.29 is 9.53 Å². The molecule has 28 heavy (non-hydrogen) atoms. The number of methoxy groups -OCH3 is 1. The minimum absolute atomic E-state index is 0.0484. The Morgan fingerprint density at radius 3 is 2.32 bits per heavy atom. The van der Waals surface area contributed by atoms with Crippen molar-refractivity contribution in [2.24, 2.45) is 0 Å². The molecule has 0 heterocycles. The first kappa shape index (κ1) is 22.1. The van der Waals surface area contributed by atoms with E-state index in [0.717, 1.165) is 41.0 Å². The smallest absolute Gasteiger partial charge is 0.319 e. The highest BCUT2D eigenvalue weighted by atomic mass is 35.5. The highest BCUT2D eigenvalue weighted by molar-refractivity contribution is 6.31. The first-order valence-corrected chi connectivity index (χ1v) is 9.94. The summed E-state index contributed by atoms with van der Waals surface area (Å²) >= 11 is 6.33. The average Bonchev–Trinajstić information content (AvgIpc) is 2.68. The predicted molar refractivity (Wildman–Crippen MR) is 117 cm³/mol. The van der Waals surface area contributed by atoms with E-state index in [1.165, 1.54) is 0 Å². The van der Waals surface area contributed by atoms with Crippen LogP contribution in [0.1, 0.15) is 36.6 Å². The Morgan fingerprint density at radius 2 is 1.79 bits per heavy atom. The van der Waals surface area contributed by atoms with E-state index < -0.39 is 0 Å². The number of nitrogens with zero attached hydrogens (tertiary/aromatic N) is 1. The molecule has 0 bridgehead atoms. The van der Waals surface area contributed by atoms with Gasteiger partial charge in [0.15, 0.2) is 0 Å². The molecule has 152 valence electrons. The third kappa shape index (κ3) is 5.40. The number of urea groups is 1. The molecular formula is C22H30ClN3O2.